The summed E-state index contributed by atoms with van der Waals surface area (Å²) in [5.74, 6) is 0.839. The molecule has 1 fully saturated rings. The van der Waals surface area contributed by atoms with Gasteiger partial charge in [0.15, 0.2) is 12.1 Å². The van der Waals surface area contributed by atoms with E-state index in [4.69, 9.17) is 0 Å². The summed E-state index contributed by atoms with van der Waals surface area (Å²) in [5, 5.41) is 0. The van der Waals surface area contributed by atoms with Gasteiger partial charge >= 0.3 is 0 Å². The van der Waals surface area contributed by atoms with Gasteiger partial charge in [0, 0.05) is 19.3 Å². The highest BCUT2D eigenvalue weighted by Crippen LogP contribution is 2.23. The van der Waals surface area contributed by atoms with Crippen molar-refractivity contribution in [1.82, 2.24) is 9.38 Å². The van der Waals surface area contributed by atoms with Crippen molar-refractivity contribution in [3.63, 3.8) is 0 Å². The first-order valence-corrected chi connectivity index (χ1v) is 6.07. The average molecular weight is 229 g/mol. The van der Waals surface area contributed by atoms with Crippen LogP contribution in [0.5, 0.6) is 0 Å². The first-order chi connectivity index (χ1) is 8.40. The van der Waals surface area contributed by atoms with E-state index in [1.165, 1.54) is 19.3 Å². The Morgan fingerprint density at radius 3 is 2.76 bits per heavy atom. The van der Waals surface area contributed by atoms with Gasteiger partial charge in [0.2, 0.25) is 0 Å². The second-order valence-corrected chi connectivity index (χ2v) is 4.42. The minimum atomic E-state index is 0.669. The maximum Gasteiger partial charge on any atom is 0.170 e. The van der Waals surface area contributed by atoms with Gasteiger partial charge in [-0.3, -0.25) is 9.20 Å². The lowest BCUT2D eigenvalue weighted by Crippen LogP contribution is -2.30. The lowest BCUT2D eigenvalue weighted by Gasteiger charge is -2.26. The topological polar surface area (TPSA) is 37.6 Å². The average Bonchev–Trinajstić information content (AvgIpc) is 2.78. The Balaban J connectivity index is 2.11. The van der Waals surface area contributed by atoms with Gasteiger partial charge in [-0.15, -0.1) is 0 Å². The largest absolute Gasteiger partial charge is 0.355 e. The zero-order valence-corrected chi connectivity index (χ0v) is 9.67. The Hall–Kier alpha value is -1.84. The van der Waals surface area contributed by atoms with E-state index in [1.807, 2.05) is 28.8 Å². The smallest absolute Gasteiger partial charge is 0.170 e. The van der Waals surface area contributed by atoms with Gasteiger partial charge in [-0.2, -0.15) is 0 Å². The number of rotatable bonds is 2. The van der Waals surface area contributed by atoms with Crippen molar-refractivity contribution in [2.45, 2.75) is 19.3 Å². The van der Waals surface area contributed by atoms with Gasteiger partial charge in [0.05, 0.1) is 0 Å². The molecule has 3 rings (SSSR count). The summed E-state index contributed by atoms with van der Waals surface area (Å²) >= 11 is 0. The Bertz CT molecular complexity index is 541. The van der Waals surface area contributed by atoms with Crippen LogP contribution < -0.4 is 4.90 Å². The van der Waals surface area contributed by atoms with Gasteiger partial charge in [0.25, 0.3) is 0 Å². The molecule has 0 atom stereocenters. The van der Waals surface area contributed by atoms with E-state index in [9.17, 15) is 4.79 Å². The van der Waals surface area contributed by atoms with Crippen LogP contribution in [0.1, 0.15) is 29.8 Å². The molecule has 0 spiro atoms. The van der Waals surface area contributed by atoms with E-state index in [0.717, 1.165) is 30.8 Å². The van der Waals surface area contributed by atoms with Crippen molar-refractivity contribution in [3.8, 4) is 0 Å². The van der Waals surface area contributed by atoms with Crippen LogP contribution in [0.4, 0.5) is 5.82 Å². The summed E-state index contributed by atoms with van der Waals surface area (Å²) in [6, 6.07) is 5.79. The molecule has 4 heteroatoms. The molecule has 3 heterocycles. The van der Waals surface area contributed by atoms with E-state index >= 15 is 0 Å². The van der Waals surface area contributed by atoms with E-state index < -0.39 is 0 Å². The van der Waals surface area contributed by atoms with E-state index in [1.54, 1.807) is 0 Å². The number of aldehydes is 1. The van der Waals surface area contributed by atoms with Crippen LogP contribution in [0.25, 0.3) is 5.65 Å². The number of carbonyl (C=O) groups is 1. The molecular weight excluding hydrogens is 214 g/mol. The molecule has 88 valence electrons. The summed E-state index contributed by atoms with van der Waals surface area (Å²) in [6.45, 7) is 2.01. The molecule has 0 aromatic carbocycles. The van der Waals surface area contributed by atoms with Gasteiger partial charge in [0.1, 0.15) is 11.3 Å². The number of fused-ring (bicyclic) bond motifs is 1. The Morgan fingerprint density at radius 2 is 2.00 bits per heavy atom. The second-order valence-electron chi connectivity index (χ2n) is 4.42. The quantitative estimate of drug-likeness (QED) is 0.740. The number of piperidine rings is 1. The van der Waals surface area contributed by atoms with Crippen molar-refractivity contribution < 1.29 is 4.79 Å². The van der Waals surface area contributed by atoms with Crippen LogP contribution >= 0.6 is 0 Å². The molecule has 4 nitrogen and oxygen atoms in total. The van der Waals surface area contributed by atoms with Crippen molar-refractivity contribution >= 4 is 17.8 Å². The highest BCUT2D eigenvalue weighted by Gasteiger charge is 2.19. The Labute approximate surface area is 99.9 Å². The van der Waals surface area contributed by atoms with Gasteiger partial charge < -0.3 is 4.90 Å². The maximum atomic E-state index is 11.3. The molecule has 17 heavy (non-hydrogen) atoms. The van der Waals surface area contributed by atoms with Crippen LogP contribution in [0.15, 0.2) is 24.4 Å². The highest BCUT2D eigenvalue weighted by molar-refractivity contribution is 5.83. The van der Waals surface area contributed by atoms with Gasteiger partial charge in [-0.1, -0.05) is 6.07 Å². The fourth-order valence-corrected chi connectivity index (χ4v) is 2.45. The molecule has 0 amide bonds. The lowest BCUT2D eigenvalue weighted by atomic mass is 10.1. The third-order valence-electron chi connectivity index (χ3n) is 3.31. The first kappa shape index (κ1) is 10.3. The third-order valence-corrected chi connectivity index (χ3v) is 3.31. The number of imidazole rings is 1. The van der Waals surface area contributed by atoms with E-state index in [2.05, 4.69) is 9.88 Å². The van der Waals surface area contributed by atoms with Crippen LogP contribution in [0.2, 0.25) is 0 Å². The minimum absolute atomic E-state index is 0.669. The van der Waals surface area contributed by atoms with Gasteiger partial charge in [-0.25, -0.2) is 4.98 Å². The minimum Gasteiger partial charge on any atom is -0.355 e. The predicted molar refractivity (Wildman–Crippen MR) is 66.6 cm³/mol. The zero-order chi connectivity index (χ0) is 11.7. The summed E-state index contributed by atoms with van der Waals surface area (Å²) in [4.78, 5) is 18.0. The fourth-order valence-electron chi connectivity index (χ4n) is 2.45. The zero-order valence-electron chi connectivity index (χ0n) is 9.67. The SMILES string of the molecule is O=Cc1c(N2CCCCC2)nc2ccccn12. The standard InChI is InChI=1S/C13H15N3O/c17-10-11-13(15-7-3-1-4-8-15)14-12-6-2-5-9-16(11)12/h2,5-6,9-10H,1,3-4,7-8H2. The lowest BCUT2D eigenvalue weighted by molar-refractivity contribution is 0.111. The summed E-state index contributed by atoms with van der Waals surface area (Å²) in [6.07, 6.45) is 6.45. The number of anilines is 1. The molecule has 0 bridgehead atoms. The summed E-state index contributed by atoms with van der Waals surface area (Å²) in [5.41, 5.74) is 1.51. The second kappa shape index (κ2) is 4.20. The highest BCUT2D eigenvalue weighted by atomic mass is 16.1. The molecule has 0 unspecified atom stereocenters. The van der Waals surface area contributed by atoms with Crippen molar-refractivity contribution in [3.05, 3.63) is 30.1 Å². The van der Waals surface area contributed by atoms with Crippen molar-refractivity contribution in [2.24, 2.45) is 0 Å². The number of nitrogens with zero attached hydrogens (tertiary/aromatic N) is 3. The Kier molecular flexibility index (Phi) is 2.55. The van der Waals surface area contributed by atoms with Crippen LogP contribution in [0.3, 0.4) is 0 Å². The molecule has 0 radical (unpaired) electrons. The third kappa shape index (κ3) is 1.69. The van der Waals surface area contributed by atoms with E-state index in [0.29, 0.717) is 5.69 Å². The Morgan fingerprint density at radius 1 is 1.18 bits per heavy atom. The first-order valence-electron chi connectivity index (χ1n) is 6.07. The molecule has 1 aliphatic rings. The van der Waals surface area contributed by atoms with Crippen LogP contribution in [0, 0.1) is 0 Å². The number of hydrogen-bond donors (Lipinski definition) is 0. The molecule has 2 aromatic rings. The van der Waals surface area contributed by atoms with Gasteiger partial charge in [-0.05, 0) is 31.4 Å². The number of pyridine rings is 1. The van der Waals surface area contributed by atoms with Crippen molar-refractivity contribution in [2.75, 3.05) is 18.0 Å². The molecule has 2 aromatic heterocycles. The molecule has 0 aliphatic carbocycles. The number of carbonyl (C=O) groups excluding carboxylic acids is 1. The molecule has 1 aliphatic heterocycles. The normalized spacial score (nSPS) is 16.4. The van der Waals surface area contributed by atoms with Crippen molar-refractivity contribution in [1.29, 1.82) is 0 Å². The van der Waals surface area contributed by atoms with Crippen LogP contribution in [-0.2, 0) is 0 Å². The predicted octanol–water partition coefficient (Wildman–Crippen LogP) is 2.14. The summed E-state index contributed by atoms with van der Waals surface area (Å²) < 4.78 is 1.86. The van der Waals surface area contributed by atoms with Crippen LogP contribution in [-0.4, -0.2) is 28.8 Å². The molecular formula is C13H15N3O. The molecule has 0 N–H and O–H groups in total. The number of hydrogen-bond acceptors (Lipinski definition) is 3. The fraction of sp³-hybridized carbons (Fsp3) is 0.385. The summed E-state index contributed by atoms with van der Waals surface area (Å²) in [7, 11) is 0. The maximum absolute atomic E-state index is 11.3. The molecule has 1 saturated heterocycles. The molecule has 0 saturated carbocycles. The monoisotopic (exact) mass is 229 g/mol. The number of aromatic nitrogens is 2. The van der Waals surface area contributed by atoms with E-state index in [-0.39, 0.29) is 0 Å².